The van der Waals surface area contributed by atoms with Crippen molar-refractivity contribution in [3.05, 3.63) is 112 Å². The van der Waals surface area contributed by atoms with E-state index in [-0.39, 0.29) is 22.4 Å². The third kappa shape index (κ3) is 6.45. The molecule has 0 saturated heterocycles. The topological polar surface area (TPSA) is 126 Å². The van der Waals surface area contributed by atoms with Crippen molar-refractivity contribution in [1.29, 1.82) is 5.26 Å². The average Bonchev–Trinajstić information content (AvgIpc) is 3.72. The van der Waals surface area contributed by atoms with Crippen LogP contribution >= 0.6 is 11.6 Å². The molecule has 1 saturated carbocycles. The number of fused-ring (bicyclic) bond motifs is 1. The molecule has 1 unspecified atom stereocenters. The van der Waals surface area contributed by atoms with E-state index in [4.69, 9.17) is 11.6 Å². The maximum absolute atomic E-state index is 13.9. The number of aromatic nitrogens is 4. The standard InChI is InChI=1S/C31H27ClFN7O2S/c1-43(41,42)18-28(19-5-3-2-4-6-19)37-29-21(15-34)16-35-31-25(29)13-23(14-26(31)32)36-30(20-7-9-22(33)10-8-20)27-17-40(39-38-27)24-11-12-24/h2-10,13-14,16-17,24,28,30,36H,11-12,18H2,1H3,(H,35,37)/t28-,30?/m1/s1/i30D. The van der Waals surface area contributed by atoms with Gasteiger partial charge < -0.3 is 10.6 Å². The van der Waals surface area contributed by atoms with Crippen LogP contribution in [0.2, 0.25) is 5.02 Å². The summed E-state index contributed by atoms with van der Waals surface area (Å²) in [6, 6.07) is 17.9. The quantitative estimate of drug-likeness (QED) is 0.189. The second-order valence-electron chi connectivity index (χ2n) is 10.5. The van der Waals surface area contributed by atoms with Gasteiger partial charge in [0.2, 0.25) is 0 Å². The third-order valence-corrected chi connectivity index (χ3v) is 8.35. The van der Waals surface area contributed by atoms with Gasteiger partial charge in [-0.1, -0.05) is 59.3 Å². The SMILES string of the molecule is [2H]C(Nc1cc(Cl)c2ncc(C#N)c(N[C@H](CS(C)(=O)=O)c3ccccc3)c2c1)(c1ccc(F)cc1)c1cn(C2CC2)nn1. The lowest BCUT2D eigenvalue weighted by atomic mass is 10.0. The molecule has 2 heterocycles. The molecule has 2 atom stereocenters. The molecule has 0 radical (unpaired) electrons. The van der Waals surface area contributed by atoms with E-state index < -0.39 is 27.7 Å². The fraction of sp³-hybridized carbons (Fsp3) is 0.226. The zero-order chi connectivity index (χ0) is 31.1. The molecule has 0 amide bonds. The Bertz CT molecular complexity index is 2000. The second-order valence-corrected chi connectivity index (χ2v) is 13.1. The lowest BCUT2D eigenvalue weighted by molar-refractivity contribution is 0.597. The van der Waals surface area contributed by atoms with Crippen LogP contribution in [0.3, 0.4) is 0 Å². The molecule has 0 aliphatic heterocycles. The molecule has 12 heteroatoms. The van der Waals surface area contributed by atoms with Crippen molar-refractivity contribution in [2.75, 3.05) is 22.6 Å². The molecule has 2 N–H and O–H groups in total. The van der Waals surface area contributed by atoms with Crippen molar-refractivity contribution >= 4 is 43.7 Å². The summed E-state index contributed by atoms with van der Waals surface area (Å²) in [4.78, 5) is 4.41. The first-order chi connectivity index (χ1) is 21.0. The van der Waals surface area contributed by atoms with Crippen LogP contribution in [0.15, 0.2) is 79.1 Å². The van der Waals surface area contributed by atoms with Gasteiger partial charge in [-0.05, 0) is 48.2 Å². The van der Waals surface area contributed by atoms with E-state index in [1.54, 1.807) is 23.0 Å². The van der Waals surface area contributed by atoms with Gasteiger partial charge >= 0.3 is 0 Å². The number of anilines is 2. The highest BCUT2D eigenvalue weighted by Gasteiger charge is 2.27. The Kier molecular flexibility index (Phi) is 7.39. The van der Waals surface area contributed by atoms with E-state index in [9.17, 15) is 19.4 Å². The Balaban J connectivity index is 1.47. The minimum absolute atomic E-state index is 0.184. The Hall–Kier alpha value is -4.53. The maximum Gasteiger partial charge on any atom is 0.149 e. The molecule has 3 aromatic carbocycles. The van der Waals surface area contributed by atoms with Gasteiger partial charge in [0.25, 0.3) is 0 Å². The maximum atomic E-state index is 13.9. The zero-order valence-corrected chi connectivity index (χ0v) is 24.6. The molecule has 218 valence electrons. The second kappa shape index (κ2) is 11.6. The normalized spacial score (nSPS) is 15.7. The van der Waals surface area contributed by atoms with Crippen LogP contribution in [0.1, 0.15) is 54.7 Å². The van der Waals surface area contributed by atoms with E-state index in [1.807, 2.05) is 30.3 Å². The number of nitriles is 1. The predicted octanol–water partition coefficient (Wildman–Crippen LogP) is 6.22. The molecule has 1 aliphatic rings. The molecular weight excluding hydrogens is 589 g/mol. The number of halogens is 2. The van der Waals surface area contributed by atoms with Crippen LogP contribution in [0, 0.1) is 17.1 Å². The summed E-state index contributed by atoms with van der Waals surface area (Å²) in [6.45, 7) is 0. The lowest BCUT2D eigenvalue weighted by Crippen LogP contribution is -2.21. The molecule has 2 aromatic heterocycles. The summed E-state index contributed by atoms with van der Waals surface area (Å²) < 4.78 is 50.0. The van der Waals surface area contributed by atoms with Gasteiger partial charge in [-0.15, -0.1) is 5.10 Å². The summed E-state index contributed by atoms with van der Waals surface area (Å²) >= 11 is 6.73. The van der Waals surface area contributed by atoms with Gasteiger partial charge in [0.15, 0.2) is 0 Å². The first-order valence-corrected chi connectivity index (χ1v) is 16.0. The number of rotatable bonds is 10. The summed E-state index contributed by atoms with van der Waals surface area (Å²) in [5, 5.41) is 25.7. The Morgan fingerprint density at radius 2 is 1.88 bits per heavy atom. The highest BCUT2D eigenvalue weighted by Crippen LogP contribution is 2.38. The van der Waals surface area contributed by atoms with Gasteiger partial charge in [-0.3, -0.25) is 4.98 Å². The van der Waals surface area contributed by atoms with Gasteiger partial charge in [-0.2, -0.15) is 5.26 Å². The van der Waals surface area contributed by atoms with Crippen LogP contribution in [-0.4, -0.2) is 40.4 Å². The molecule has 0 bridgehead atoms. The Morgan fingerprint density at radius 3 is 2.56 bits per heavy atom. The van der Waals surface area contributed by atoms with E-state index in [1.165, 1.54) is 30.5 Å². The largest absolute Gasteiger partial charge is 0.376 e. The van der Waals surface area contributed by atoms with E-state index in [2.05, 4.69) is 32.0 Å². The number of hydrogen-bond donors (Lipinski definition) is 2. The zero-order valence-electron chi connectivity index (χ0n) is 24.0. The molecule has 0 spiro atoms. The number of nitrogens with zero attached hydrogens (tertiary/aromatic N) is 5. The number of nitrogens with one attached hydrogen (secondary N) is 2. The van der Waals surface area contributed by atoms with E-state index in [0.717, 1.165) is 19.1 Å². The fourth-order valence-corrected chi connectivity index (χ4v) is 6.06. The van der Waals surface area contributed by atoms with Gasteiger partial charge in [0.05, 0.1) is 53.2 Å². The minimum atomic E-state index is -3.43. The minimum Gasteiger partial charge on any atom is -0.376 e. The van der Waals surface area contributed by atoms with Crippen LogP contribution in [0.5, 0.6) is 0 Å². The van der Waals surface area contributed by atoms with Crippen molar-refractivity contribution in [2.24, 2.45) is 0 Å². The van der Waals surface area contributed by atoms with Gasteiger partial charge in [0, 0.05) is 23.5 Å². The van der Waals surface area contributed by atoms with Crippen molar-refractivity contribution in [2.45, 2.75) is 30.9 Å². The van der Waals surface area contributed by atoms with Crippen molar-refractivity contribution in [3.63, 3.8) is 0 Å². The first kappa shape index (κ1) is 27.3. The summed E-state index contributed by atoms with van der Waals surface area (Å²) in [7, 11) is -3.43. The lowest BCUT2D eigenvalue weighted by Gasteiger charge is -2.23. The van der Waals surface area contributed by atoms with Crippen molar-refractivity contribution in [1.82, 2.24) is 20.0 Å². The number of sulfone groups is 1. The van der Waals surface area contributed by atoms with Gasteiger partial charge in [0.1, 0.15) is 27.4 Å². The van der Waals surface area contributed by atoms with Gasteiger partial charge in [-0.25, -0.2) is 17.5 Å². The van der Waals surface area contributed by atoms with E-state index >= 15 is 0 Å². The Morgan fingerprint density at radius 1 is 1.14 bits per heavy atom. The monoisotopic (exact) mass is 616 g/mol. The smallest absolute Gasteiger partial charge is 0.149 e. The summed E-state index contributed by atoms with van der Waals surface area (Å²) in [6.07, 6.45) is 6.20. The fourth-order valence-electron chi connectivity index (χ4n) is 4.91. The third-order valence-electron chi connectivity index (χ3n) is 7.12. The number of pyridine rings is 1. The van der Waals surface area contributed by atoms with Crippen molar-refractivity contribution < 1.29 is 14.2 Å². The van der Waals surface area contributed by atoms with Crippen LogP contribution in [-0.2, 0) is 9.84 Å². The highest BCUT2D eigenvalue weighted by molar-refractivity contribution is 7.90. The average molecular weight is 617 g/mol. The molecule has 6 rings (SSSR count). The van der Waals surface area contributed by atoms with Crippen LogP contribution in [0.25, 0.3) is 10.9 Å². The highest BCUT2D eigenvalue weighted by atomic mass is 35.5. The molecular formula is C31H27ClFN7O2S. The summed E-state index contributed by atoms with van der Waals surface area (Å²) in [5.41, 5.74) is 2.72. The molecule has 43 heavy (non-hydrogen) atoms. The number of benzene rings is 3. The van der Waals surface area contributed by atoms with Crippen molar-refractivity contribution in [3.8, 4) is 6.07 Å². The van der Waals surface area contributed by atoms with Crippen LogP contribution in [0.4, 0.5) is 15.8 Å². The predicted molar refractivity (Wildman–Crippen MR) is 164 cm³/mol. The molecule has 1 aliphatic carbocycles. The molecule has 9 nitrogen and oxygen atoms in total. The van der Waals surface area contributed by atoms with E-state index in [0.29, 0.717) is 39.1 Å². The number of hydrogen-bond acceptors (Lipinski definition) is 8. The van der Waals surface area contributed by atoms with Crippen LogP contribution < -0.4 is 10.6 Å². The first-order valence-electron chi connectivity index (χ1n) is 14.0. The Labute approximate surface area is 254 Å². The molecule has 5 aromatic rings. The summed E-state index contributed by atoms with van der Waals surface area (Å²) in [5.74, 6) is -0.673. The molecule has 1 fully saturated rings.